The second kappa shape index (κ2) is 12.8. The van der Waals surface area contributed by atoms with Crippen LogP contribution in [0.1, 0.15) is 5.56 Å². The molecule has 0 bridgehead atoms. The molecule has 3 aromatic carbocycles. The van der Waals surface area contributed by atoms with E-state index in [-0.39, 0.29) is 18.0 Å². The highest BCUT2D eigenvalue weighted by Crippen LogP contribution is 2.20. The number of hydrogen-bond donors (Lipinski definition) is 1. The van der Waals surface area contributed by atoms with E-state index in [0.717, 1.165) is 10.6 Å². The van der Waals surface area contributed by atoms with E-state index in [1.54, 1.807) is 60.7 Å². The molecule has 0 atom stereocenters. The van der Waals surface area contributed by atoms with Crippen molar-refractivity contribution < 1.29 is 33.8 Å². The predicted molar refractivity (Wildman–Crippen MR) is 135 cm³/mol. The van der Waals surface area contributed by atoms with Crippen LogP contribution in [0.3, 0.4) is 0 Å². The Morgan fingerprint density at radius 2 is 1.51 bits per heavy atom. The maximum absolute atomic E-state index is 12.6. The molecule has 1 amide bonds. The van der Waals surface area contributed by atoms with Gasteiger partial charge in [-0.25, -0.2) is 4.79 Å². The van der Waals surface area contributed by atoms with Crippen molar-refractivity contribution in [3.05, 3.63) is 88.5 Å². The summed E-state index contributed by atoms with van der Waals surface area (Å²) >= 11 is 0. The summed E-state index contributed by atoms with van der Waals surface area (Å²) in [5.41, 5.74) is 1.55. The Kier molecular flexibility index (Phi) is 9.25. The lowest BCUT2D eigenvalue weighted by Crippen LogP contribution is -2.37. The van der Waals surface area contributed by atoms with Gasteiger partial charge in [-0.2, -0.15) is 0 Å². The predicted octanol–water partition coefficient (Wildman–Crippen LogP) is 4.20. The van der Waals surface area contributed by atoms with Crippen molar-refractivity contribution in [3.8, 4) is 17.2 Å². The van der Waals surface area contributed by atoms with Crippen LogP contribution in [0.25, 0.3) is 0 Å². The molecule has 0 saturated carbocycles. The van der Waals surface area contributed by atoms with Gasteiger partial charge in [0.15, 0.2) is 0 Å². The fraction of sp³-hybridized carbons (Fsp3) is 0.231. The summed E-state index contributed by atoms with van der Waals surface area (Å²) in [4.78, 5) is 37.2. The Labute approximate surface area is 213 Å². The van der Waals surface area contributed by atoms with Crippen molar-refractivity contribution in [2.24, 2.45) is 0 Å². The van der Waals surface area contributed by atoms with E-state index >= 15 is 0 Å². The van der Waals surface area contributed by atoms with Crippen LogP contribution in [0.4, 0.5) is 16.2 Å². The molecule has 3 aromatic rings. The number of aliphatic carboxylic acids is 1. The number of methoxy groups -OCH3 is 1. The molecule has 0 spiro atoms. The molecule has 37 heavy (non-hydrogen) atoms. The number of likely N-dealkylation sites (N-methyl/N-ethyl adjacent to an activating group) is 1. The van der Waals surface area contributed by atoms with Crippen molar-refractivity contribution in [1.29, 1.82) is 0 Å². The minimum absolute atomic E-state index is 0.0319. The summed E-state index contributed by atoms with van der Waals surface area (Å²) in [5.74, 6) is 0.307. The van der Waals surface area contributed by atoms with Crippen molar-refractivity contribution in [2.75, 3.05) is 38.8 Å². The van der Waals surface area contributed by atoms with Gasteiger partial charge in [-0.15, -0.1) is 0 Å². The number of carboxylic acids is 1. The normalized spacial score (nSPS) is 10.3. The number of nitro groups is 1. The molecule has 0 aliphatic rings. The molecule has 3 rings (SSSR count). The van der Waals surface area contributed by atoms with Gasteiger partial charge in [-0.05, 0) is 54.1 Å². The highest BCUT2D eigenvalue weighted by atomic mass is 16.6. The van der Waals surface area contributed by atoms with Gasteiger partial charge in [-0.3, -0.25) is 19.8 Å². The fourth-order valence-corrected chi connectivity index (χ4v) is 3.33. The van der Waals surface area contributed by atoms with E-state index in [1.165, 1.54) is 19.2 Å². The topological polar surface area (TPSA) is 132 Å². The zero-order valence-corrected chi connectivity index (χ0v) is 20.4. The Bertz CT molecular complexity index is 1200. The van der Waals surface area contributed by atoms with Gasteiger partial charge in [0.2, 0.25) is 0 Å². The van der Waals surface area contributed by atoms with Crippen LogP contribution in [0.15, 0.2) is 72.8 Å². The maximum Gasteiger partial charge on any atom is 0.416 e. The molecule has 0 aromatic heterocycles. The highest BCUT2D eigenvalue weighted by molar-refractivity contribution is 5.78. The Morgan fingerprint density at radius 1 is 0.919 bits per heavy atom. The smallest absolute Gasteiger partial charge is 0.416 e. The molecule has 11 nitrogen and oxygen atoms in total. The third-order valence-corrected chi connectivity index (χ3v) is 5.34. The molecule has 1 N–H and O–H groups in total. The molecule has 0 unspecified atom stereocenters. The molecule has 0 radical (unpaired) electrons. The van der Waals surface area contributed by atoms with Crippen LogP contribution >= 0.6 is 0 Å². The van der Waals surface area contributed by atoms with Gasteiger partial charge in [0, 0.05) is 31.4 Å². The zero-order chi connectivity index (χ0) is 26.8. The number of nitrogens with zero attached hydrogens (tertiary/aromatic N) is 3. The number of benzene rings is 3. The van der Waals surface area contributed by atoms with E-state index in [9.17, 15) is 24.8 Å². The molecule has 194 valence electrons. The van der Waals surface area contributed by atoms with Crippen LogP contribution in [0.5, 0.6) is 17.2 Å². The summed E-state index contributed by atoms with van der Waals surface area (Å²) in [5, 5.41) is 20.0. The maximum atomic E-state index is 12.6. The van der Waals surface area contributed by atoms with Gasteiger partial charge < -0.3 is 24.2 Å². The number of anilines is 1. The first-order valence-corrected chi connectivity index (χ1v) is 11.2. The number of carbonyl (C=O) groups excluding carboxylic acids is 1. The first-order valence-electron chi connectivity index (χ1n) is 11.2. The van der Waals surface area contributed by atoms with E-state index in [4.69, 9.17) is 14.2 Å². The Balaban J connectivity index is 1.53. The van der Waals surface area contributed by atoms with E-state index in [1.807, 2.05) is 11.9 Å². The van der Waals surface area contributed by atoms with Crippen LogP contribution in [-0.2, 0) is 11.3 Å². The molecule has 0 saturated heterocycles. The van der Waals surface area contributed by atoms with Gasteiger partial charge >= 0.3 is 12.1 Å². The minimum Gasteiger partial charge on any atom is -0.497 e. The van der Waals surface area contributed by atoms with Crippen molar-refractivity contribution in [2.45, 2.75) is 6.54 Å². The third kappa shape index (κ3) is 8.13. The van der Waals surface area contributed by atoms with E-state index < -0.39 is 23.5 Å². The number of non-ortho nitro benzene ring substituents is 1. The molecule has 0 aliphatic heterocycles. The lowest BCUT2D eigenvalue weighted by molar-refractivity contribution is -0.384. The Morgan fingerprint density at radius 3 is 2.08 bits per heavy atom. The van der Waals surface area contributed by atoms with Gasteiger partial charge in [0.05, 0.1) is 18.6 Å². The molecular weight excluding hydrogens is 482 g/mol. The summed E-state index contributed by atoms with van der Waals surface area (Å²) in [6.07, 6.45) is -0.790. The number of carbonyl (C=O) groups is 2. The number of rotatable bonds is 12. The summed E-state index contributed by atoms with van der Waals surface area (Å²) in [7, 11) is 3.38. The highest BCUT2D eigenvalue weighted by Gasteiger charge is 2.19. The molecule has 11 heteroatoms. The molecule has 0 fully saturated rings. The van der Waals surface area contributed by atoms with Gasteiger partial charge in [0.25, 0.3) is 5.69 Å². The first-order chi connectivity index (χ1) is 17.7. The number of amides is 1. The zero-order valence-electron chi connectivity index (χ0n) is 20.4. The van der Waals surface area contributed by atoms with Gasteiger partial charge in [0.1, 0.15) is 30.4 Å². The Hall–Kier alpha value is -4.80. The molecule has 0 aliphatic carbocycles. The van der Waals surface area contributed by atoms with Crippen LogP contribution < -0.4 is 19.1 Å². The summed E-state index contributed by atoms with van der Waals surface area (Å²) < 4.78 is 16.1. The number of carboxylic acid groups (broad SMARTS) is 1. The summed E-state index contributed by atoms with van der Waals surface area (Å²) in [6, 6.07) is 19.6. The fourth-order valence-electron chi connectivity index (χ4n) is 3.33. The lowest BCUT2D eigenvalue weighted by Gasteiger charge is -2.21. The minimum atomic E-state index is -1.16. The second-order valence-corrected chi connectivity index (χ2v) is 7.98. The number of hydrogen-bond acceptors (Lipinski definition) is 8. The number of ether oxygens (including phenoxy) is 3. The molecule has 0 heterocycles. The van der Waals surface area contributed by atoms with Crippen LogP contribution in [0, 0.1) is 10.1 Å². The summed E-state index contributed by atoms with van der Waals surface area (Å²) in [6.45, 7) is 0.419. The lowest BCUT2D eigenvalue weighted by atomic mass is 10.2. The quantitative estimate of drug-likeness (QED) is 0.282. The van der Waals surface area contributed by atoms with Crippen molar-refractivity contribution in [3.63, 3.8) is 0 Å². The van der Waals surface area contributed by atoms with Crippen molar-refractivity contribution >= 4 is 23.4 Å². The monoisotopic (exact) mass is 509 g/mol. The standard InChI is InChI=1S/C26H27N3O8/c1-27(20-5-7-21(8-6-20)29(33)34)15-16-36-23-9-3-19(4-10-23)17-28(18-25(30)31)26(32)37-24-13-11-22(35-2)12-14-24/h3-14H,15-18H2,1-2H3,(H,30,31). The number of nitro benzene ring substituents is 1. The third-order valence-electron chi connectivity index (χ3n) is 5.34. The SMILES string of the molecule is COc1ccc(OC(=O)N(CC(=O)O)Cc2ccc(OCCN(C)c3ccc([N+](=O)[O-])cc3)cc2)cc1. The van der Waals surface area contributed by atoms with E-state index in [0.29, 0.717) is 30.2 Å². The average Bonchev–Trinajstić information content (AvgIpc) is 2.89. The van der Waals surface area contributed by atoms with Crippen molar-refractivity contribution in [1.82, 2.24) is 4.90 Å². The molecular formula is C26H27N3O8. The second-order valence-electron chi connectivity index (χ2n) is 7.98. The van der Waals surface area contributed by atoms with Gasteiger partial charge in [-0.1, -0.05) is 12.1 Å². The average molecular weight is 510 g/mol. The van der Waals surface area contributed by atoms with E-state index in [2.05, 4.69) is 0 Å². The van der Waals surface area contributed by atoms with Crippen LogP contribution in [-0.4, -0.2) is 60.8 Å². The first kappa shape index (κ1) is 26.8. The van der Waals surface area contributed by atoms with Crippen LogP contribution in [0.2, 0.25) is 0 Å². The largest absolute Gasteiger partial charge is 0.497 e.